The van der Waals surface area contributed by atoms with Gasteiger partial charge in [-0.15, -0.1) is 0 Å². The van der Waals surface area contributed by atoms with Gasteiger partial charge >= 0.3 is 0 Å². The van der Waals surface area contributed by atoms with Crippen molar-refractivity contribution in [3.8, 4) is 5.75 Å². The molecule has 11 heteroatoms. The Morgan fingerprint density at radius 1 is 1.06 bits per heavy atom. The predicted octanol–water partition coefficient (Wildman–Crippen LogP) is -0.695. The second-order valence-electron chi connectivity index (χ2n) is 9.87. The van der Waals surface area contributed by atoms with Crippen molar-refractivity contribution >= 4 is 39.3 Å². The maximum absolute atomic E-state index is 13.0. The number of hydrogen-bond acceptors (Lipinski definition) is 6. The van der Waals surface area contributed by atoms with E-state index in [0.717, 1.165) is 16.7 Å². The normalized spacial score (nSPS) is 21.4. The van der Waals surface area contributed by atoms with Crippen LogP contribution in [0.1, 0.15) is 39.9 Å². The zero-order valence-electron chi connectivity index (χ0n) is 20.4. The molecule has 2 aromatic carbocycles. The van der Waals surface area contributed by atoms with Gasteiger partial charge in [0.05, 0.1) is 18.6 Å². The highest BCUT2D eigenvalue weighted by Gasteiger charge is 2.40. The first-order chi connectivity index (χ1) is 17.2. The number of hydrogen-bond donors (Lipinski definition) is 1. The van der Waals surface area contributed by atoms with Crippen LogP contribution in [0.3, 0.4) is 0 Å². The van der Waals surface area contributed by atoms with Crippen LogP contribution in [0.5, 0.6) is 5.75 Å². The molecule has 5 rings (SSSR count). The van der Waals surface area contributed by atoms with Crippen LogP contribution in [-0.2, 0) is 38.8 Å². The lowest BCUT2D eigenvalue weighted by Gasteiger charge is -2.37. The summed E-state index contributed by atoms with van der Waals surface area (Å²) in [6.45, 7) is 2.19. The van der Waals surface area contributed by atoms with Gasteiger partial charge in [-0.3, -0.25) is 24.5 Å². The average molecular weight is 487 g/mol. The number of fused-ring (bicyclic) bond motifs is 1. The van der Waals surface area contributed by atoms with Crippen LogP contribution >= 0.6 is 0 Å². The molecule has 2 saturated heterocycles. The second kappa shape index (κ2) is 9.46. The van der Waals surface area contributed by atoms with E-state index in [1.807, 2.05) is 35.2 Å². The number of rotatable bonds is 6. The number of morpholine rings is 1. The van der Waals surface area contributed by atoms with Gasteiger partial charge in [-0.2, -0.15) is 0 Å². The molecule has 0 spiro atoms. The minimum Gasteiger partial charge on any atom is -0.489 e. The minimum atomic E-state index is -0.794. The van der Waals surface area contributed by atoms with Crippen molar-refractivity contribution < 1.29 is 28.7 Å². The monoisotopic (exact) mass is 487 g/mol. The summed E-state index contributed by atoms with van der Waals surface area (Å²) in [4.78, 5) is 52.7. The lowest BCUT2D eigenvalue weighted by Crippen LogP contribution is -2.57. The first-order valence-corrected chi connectivity index (χ1v) is 12.1. The van der Waals surface area contributed by atoms with Crippen molar-refractivity contribution in [3.63, 3.8) is 0 Å². The van der Waals surface area contributed by atoms with E-state index in [4.69, 9.17) is 9.47 Å². The summed E-state index contributed by atoms with van der Waals surface area (Å²) in [5, 5.41) is 1.53. The molecule has 2 fully saturated rings. The number of carbonyl (C=O) groups excluding carboxylic acids is 4. The largest absolute Gasteiger partial charge is 0.489 e. The Balaban J connectivity index is 1.23. The van der Waals surface area contributed by atoms with Gasteiger partial charge in [0.2, 0.25) is 17.7 Å². The van der Waals surface area contributed by atoms with E-state index in [2.05, 4.69) is 5.32 Å². The first kappa shape index (κ1) is 24.1. The molecule has 3 aliphatic rings. The first-order valence-electron chi connectivity index (χ1n) is 12.1. The number of imide groups is 1. The SMILES string of the molecule is BC1(B)OCCN(Cc2ccc(COc3cccc4c3CN(C3CCC(=O)NC3=O)C4=O)cc2)C1=O. The smallest absolute Gasteiger partial charge is 0.255 e. The van der Waals surface area contributed by atoms with Crippen LogP contribution in [0, 0.1) is 0 Å². The quantitative estimate of drug-likeness (QED) is 0.428. The van der Waals surface area contributed by atoms with Gasteiger partial charge in [0.1, 0.15) is 34.1 Å². The van der Waals surface area contributed by atoms with Gasteiger partial charge in [0.25, 0.3) is 5.91 Å². The van der Waals surface area contributed by atoms with Crippen LogP contribution in [-0.4, -0.2) is 73.7 Å². The van der Waals surface area contributed by atoms with E-state index < -0.39 is 17.3 Å². The van der Waals surface area contributed by atoms with Gasteiger partial charge in [-0.05, 0) is 29.7 Å². The zero-order chi connectivity index (χ0) is 25.4. The van der Waals surface area contributed by atoms with Crippen molar-refractivity contribution in [2.75, 3.05) is 13.2 Å². The molecule has 3 aliphatic heterocycles. The summed E-state index contributed by atoms with van der Waals surface area (Å²) in [7, 11) is 3.58. The van der Waals surface area contributed by atoms with Crippen LogP contribution < -0.4 is 10.1 Å². The molecule has 36 heavy (non-hydrogen) atoms. The summed E-state index contributed by atoms with van der Waals surface area (Å²) in [6.07, 6.45) is 0.536. The zero-order valence-corrected chi connectivity index (χ0v) is 20.4. The van der Waals surface area contributed by atoms with E-state index >= 15 is 0 Å². The molecule has 9 nitrogen and oxygen atoms in total. The summed E-state index contributed by atoms with van der Waals surface area (Å²) < 4.78 is 11.6. The Morgan fingerprint density at radius 2 is 1.81 bits per heavy atom. The van der Waals surface area contributed by atoms with E-state index in [-0.39, 0.29) is 30.7 Å². The molecule has 0 aliphatic carbocycles. The van der Waals surface area contributed by atoms with E-state index in [9.17, 15) is 19.2 Å². The third-order valence-corrected chi connectivity index (χ3v) is 6.96. The van der Waals surface area contributed by atoms with Crippen LogP contribution in [0.4, 0.5) is 0 Å². The van der Waals surface area contributed by atoms with Gasteiger partial charge in [0.15, 0.2) is 0 Å². The van der Waals surface area contributed by atoms with Gasteiger partial charge in [-0.25, -0.2) is 0 Å². The van der Waals surface area contributed by atoms with E-state index in [1.165, 1.54) is 4.90 Å². The molecule has 184 valence electrons. The fourth-order valence-corrected chi connectivity index (χ4v) is 4.92. The standard InChI is InChI=1S/C25H27B2N3O6/c26-25(27)24(34)29(10-11-36-25)12-15-4-6-16(7-5-15)14-35-20-3-1-2-17-18(20)13-30(23(17)33)19-8-9-21(31)28-22(19)32/h1-7,19H,8-14,26-27H2,(H,28,31,32). The maximum atomic E-state index is 13.0. The number of nitrogens with one attached hydrogen (secondary N) is 1. The number of carbonyl (C=O) groups is 4. The molecule has 1 atom stereocenters. The average Bonchev–Trinajstić information content (AvgIpc) is 3.18. The van der Waals surface area contributed by atoms with Crippen molar-refractivity contribution in [1.82, 2.24) is 15.1 Å². The Kier molecular flexibility index (Phi) is 6.34. The molecule has 4 amide bonds. The van der Waals surface area contributed by atoms with Crippen LogP contribution in [0.2, 0.25) is 0 Å². The topological polar surface area (TPSA) is 105 Å². The van der Waals surface area contributed by atoms with Crippen molar-refractivity contribution in [1.29, 1.82) is 0 Å². The predicted molar refractivity (Wildman–Crippen MR) is 134 cm³/mol. The highest BCUT2D eigenvalue weighted by Crippen LogP contribution is 2.34. The maximum Gasteiger partial charge on any atom is 0.255 e. The number of piperidine rings is 1. The Morgan fingerprint density at radius 3 is 2.56 bits per heavy atom. The summed E-state index contributed by atoms with van der Waals surface area (Å²) in [5.74, 6) is -0.385. The molecule has 0 radical (unpaired) electrons. The number of nitrogens with zero attached hydrogens (tertiary/aromatic N) is 2. The van der Waals surface area contributed by atoms with Crippen molar-refractivity contribution in [2.45, 2.75) is 44.0 Å². The fraction of sp³-hybridized carbons (Fsp3) is 0.360. The highest BCUT2D eigenvalue weighted by molar-refractivity contribution is 6.50. The molecule has 1 unspecified atom stereocenters. The minimum absolute atomic E-state index is 0.0139. The number of amides is 4. The molecule has 1 N–H and O–H groups in total. The third kappa shape index (κ3) is 4.63. The molecular formula is C25H27B2N3O6. The third-order valence-electron chi connectivity index (χ3n) is 6.96. The second-order valence-corrected chi connectivity index (χ2v) is 9.87. The molecular weight excluding hydrogens is 460 g/mol. The molecule has 0 aromatic heterocycles. The lowest BCUT2D eigenvalue weighted by atomic mass is 9.63. The van der Waals surface area contributed by atoms with Crippen molar-refractivity contribution in [3.05, 3.63) is 64.7 Å². The summed E-state index contributed by atoms with van der Waals surface area (Å²) >= 11 is 0. The summed E-state index contributed by atoms with van der Waals surface area (Å²) in [5.41, 5.74) is 3.25. The fourth-order valence-electron chi connectivity index (χ4n) is 4.92. The van der Waals surface area contributed by atoms with Crippen molar-refractivity contribution in [2.24, 2.45) is 0 Å². The number of ether oxygens (including phenoxy) is 2. The van der Waals surface area contributed by atoms with Crippen LogP contribution in [0.25, 0.3) is 0 Å². The lowest BCUT2D eigenvalue weighted by molar-refractivity contribution is -0.151. The summed E-state index contributed by atoms with van der Waals surface area (Å²) in [6, 6.07) is 12.6. The van der Waals surface area contributed by atoms with E-state index in [1.54, 1.807) is 27.8 Å². The van der Waals surface area contributed by atoms with E-state index in [0.29, 0.717) is 44.0 Å². The molecule has 3 heterocycles. The van der Waals surface area contributed by atoms with Gasteiger partial charge in [-0.1, -0.05) is 30.3 Å². The Hall–Kier alpha value is -3.59. The Labute approximate surface area is 210 Å². The number of benzene rings is 2. The molecule has 0 saturated carbocycles. The van der Waals surface area contributed by atoms with Gasteiger partial charge in [0, 0.05) is 30.6 Å². The molecule has 0 bridgehead atoms. The van der Waals surface area contributed by atoms with Crippen LogP contribution in [0.15, 0.2) is 42.5 Å². The molecule has 2 aromatic rings. The highest BCUT2D eigenvalue weighted by atomic mass is 16.5. The Bertz CT molecular complexity index is 1230. The van der Waals surface area contributed by atoms with Gasteiger partial charge < -0.3 is 19.3 Å².